The molecule has 0 fully saturated rings. The summed E-state index contributed by atoms with van der Waals surface area (Å²) >= 11 is 0. The highest BCUT2D eigenvalue weighted by molar-refractivity contribution is 5.72. The summed E-state index contributed by atoms with van der Waals surface area (Å²) in [6.07, 6.45) is 3.18. The lowest BCUT2D eigenvalue weighted by molar-refractivity contribution is -0.151. The van der Waals surface area contributed by atoms with Crippen molar-refractivity contribution in [1.29, 1.82) is 0 Å². The smallest absolute Gasteiger partial charge is 0.311 e. The molecule has 0 saturated heterocycles. The fourth-order valence-corrected chi connectivity index (χ4v) is 1.46. The predicted octanol–water partition coefficient (Wildman–Crippen LogP) is 1.98. The summed E-state index contributed by atoms with van der Waals surface area (Å²) < 4.78 is 4.90. The van der Waals surface area contributed by atoms with Crippen LogP contribution in [0.15, 0.2) is 0 Å². The molecule has 84 valence electrons. The van der Waals surface area contributed by atoms with E-state index >= 15 is 0 Å². The molecule has 0 heterocycles. The maximum absolute atomic E-state index is 11.4. The average Bonchev–Trinajstić information content (AvgIpc) is 2.16. The van der Waals surface area contributed by atoms with Crippen molar-refractivity contribution in [3.63, 3.8) is 0 Å². The largest absolute Gasteiger partial charge is 0.466 e. The molecular weight excluding hydrogens is 180 g/mol. The topological polar surface area (TPSA) is 46.5 Å². The maximum atomic E-state index is 11.4. The number of carbonyl (C=O) groups excluding carboxylic acids is 1. The number of esters is 1. The van der Waals surface area contributed by atoms with E-state index in [1.807, 2.05) is 6.92 Å². The van der Waals surface area contributed by atoms with Gasteiger partial charge in [-0.2, -0.15) is 0 Å². The molecule has 0 amide bonds. The lowest BCUT2D eigenvalue weighted by Gasteiger charge is -2.19. The number of rotatable bonds is 7. The molecule has 0 aromatic rings. The van der Waals surface area contributed by atoms with E-state index in [1.165, 1.54) is 0 Å². The third-order valence-electron chi connectivity index (χ3n) is 2.49. The summed E-state index contributed by atoms with van der Waals surface area (Å²) in [7, 11) is 0. The number of hydrogen-bond acceptors (Lipinski definition) is 3. The zero-order valence-corrected chi connectivity index (χ0v) is 9.45. The van der Waals surface area contributed by atoms with Crippen molar-refractivity contribution in [3.05, 3.63) is 0 Å². The number of aliphatic hydroxyl groups is 1. The highest BCUT2D eigenvalue weighted by atomic mass is 16.5. The van der Waals surface area contributed by atoms with Gasteiger partial charge < -0.3 is 9.84 Å². The van der Waals surface area contributed by atoms with Crippen molar-refractivity contribution in [1.82, 2.24) is 0 Å². The van der Waals surface area contributed by atoms with Gasteiger partial charge in [0.1, 0.15) is 0 Å². The summed E-state index contributed by atoms with van der Waals surface area (Å²) in [5.41, 5.74) is 0. The molecule has 0 aromatic carbocycles. The van der Waals surface area contributed by atoms with Crippen LogP contribution in [0.25, 0.3) is 0 Å². The van der Waals surface area contributed by atoms with Gasteiger partial charge in [0.15, 0.2) is 0 Å². The highest BCUT2D eigenvalue weighted by Crippen LogP contribution is 2.19. The summed E-state index contributed by atoms with van der Waals surface area (Å²) in [4.78, 5) is 11.4. The minimum Gasteiger partial charge on any atom is -0.466 e. The van der Waals surface area contributed by atoms with Gasteiger partial charge in [-0.3, -0.25) is 4.79 Å². The first kappa shape index (κ1) is 13.4. The second kappa shape index (κ2) is 7.80. The van der Waals surface area contributed by atoms with Gasteiger partial charge in [0, 0.05) is 0 Å². The molecule has 0 aliphatic carbocycles. The Morgan fingerprint density at radius 2 is 2.07 bits per heavy atom. The molecule has 0 saturated carbocycles. The molecule has 3 heteroatoms. The first-order valence-corrected chi connectivity index (χ1v) is 5.44. The Balaban J connectivity index is 4.03. The fraction of sp³-hybridized carbons (Fsp3) is 0.909. The van der Waals surface area contributed by atoms with Gasteiger partial charge in [0.05, 0.1) is 19.1 Å². The second-order valence-corrected chi connectivity index (χ2v) is 3.66. The van der Waals surface area contributed by atoms with Gasteiger partial charge in [-0.25, -0.2) is 0 Å². The third kappa shape index (κ3) is 4.61. The van der Waals surface area contributed by atoms with E-state index in [0.717, 1.165) is 19.3 Å². The van der Waals surface area contributed by atoms with Crippen LogP contribution in [0, 0.1) is 11.8 Å². The Hall–Kier alpha value is -0.570. The maximum Gasteiger partial charge on any atom is 0.311 e. The second-order valence-electron chi connectivity index (χ2n) is 3.66. The first-order chi connectivity index (χ1) is 6.67. The van der Waals surface area contributed by atoms with Crippen molar-refractivity contribution < 1.29 is 14.6 Å². The van der Waals surface area contributed by atoms with Crippen molar-refractivity contribution in [2.24, 2.45) is 11.8 Å². The summed E-state index contributed by atoms with van der Waals surface area (Å²) in [6, 6.07) is 0. The Labute approximate surface area is 86.5 Å². The molecule has 2 atom stereocenters. The van der Waals surface area contributed by atoms with Crippen LogP contribution in [-0.2, 0) is 9.53 Å². The molecule has 0 radical (unpaired) electrons. The number of hydrogen-bond donors (Lipinski definition) is 1. The van der Waals surface area contributed by atoms with Crippen LogP contribution in [0.2, 0.25) is 0 Å². The van der Waals surface area contributed by atoms with Crippen LogP contribution in [0.4, 0.5) is 0 Å². The van der Waals surface area contributed by atoms with Gasteiger partial charge in [-0.05, 0) is 19.3 Å². The molecule has 3 nitrogen and oxygen atoms in total. The molecular formula is C11H22O3. The van der Waals surface area contributed by atoms with Crippen molar-refractivity contribution >= 4 is 5.97 Å². The van der Waals surface area contributed by atoms with E-state index < -0.39 is 0 Å². The Bertz CT molecular complexity index is 157. The van der Waals surface area contributed by atoms with Crippen LogP contribution in [-0.4, -0.2) is 24.3 Å². The van der Waals surface area contributed by atoms with Gasteiger partial charge in [-0.15, -0.1) is 0 Å². The lowest BCUT2D eigenvalue weighted by atomic mass is 9.90. The molecule has 0 spiro atoms. The molecule has 0 aliphatic heterocycles. The minimum atomic E-state index is -0.346. The highest BCUT2D eigenvalue weighted by Gasteiger charge is 2.24. The van der Waals surface area contributed by atoms with Gasteiger partial charge in [-0.1, -0.05) is 26.7 Å². The monoisotopic (exact) mass is 202 g/mol. The SMILES string of the molecule is CCCCC(C)C(CO)C(=O)OCC. The summed E-state index contributed by atoms with van der Waals surface area (Å²) in [5.74, 6) is -0.404. The van der Waals surface area contributed by atoms with Crippen LogP contribution < -0.4 is 0 Å². The van der Waals surface area contributed by atoms with E-state index in [9.17, 15) is 4.79 Å². The van der Waals surface area contributed by atoms with Crippen LogP contribution in [0.3, 0.4) is 0 Å². The quantitative estimate of drug-likeness (QED) is 0.642. The first-order valence-electron chi connectivity index (χ1n) is 5.44. The Morgan fingerprint density at radius 1 is 1.43 bits per heavy atom. The molecule has 0 aliphatic rings. The third-order valence-corrected chi connectivity index (χ3v) is 2.49. The average molecular weight is 202 g/mol. The van der Waals surface area contributed by atoms with Gasteiger partial charge in [0.25, 0.3) is 0 Å². The van der Waals surface area contributed by atoms with Crippen molar-refractivity contribution in [2.45, 2.75) is 40.0 Å². The number of aliphatic hydroxyl groups excluding tert-OH is 1. The molecule has 0 aromatic heterocycles. The lowest BCUT2D eigenvalue weighted by Crippen LogP contribution is -2.27. The fourth-order valence-electron chi connectivity index (χ4n) is 1.46. The molecule has 0 rings (SSSR count). The summed E-state index contributed by atoms with van der Waals surface area (Å²) in [5, 5.41) is 9.09. The zero-order valence-electron chi connectivity index (χ0n) is 9.45. The number of carbonyl (C=O) groups is 1. The minimum absolute atomic E-state index is 0.107. The standard InChI is InChI=1S/C11H22O3/c1-4-6-7-9(3)10(8-12)11(13)14-5-2/h9-10,12H,4-8H2,1-3H3. The Kier molecular flexibility index (Phi) is 7.48. The van der Waals surface area contributed by atoms with E-state index in [-0.39, 0.29) is 24.4 Å². The molecule has 2 unspecified atom stereocenters. The van der Waals surface area contributed by atoms with Crippen LogP contribution in [0.1, 0.15) is 40.0 Å². The van der Waals surface area contributed by atoms with Gasteiger partial charge in [0.2, 0.25) is 0 Å². The normalized spacial score (nSPS) is 14.9. The van der Waals surface area contributed by atoms with E-state index in [1.54, 1.807) is 6.92 Å². The van der Waals surface area contributed by atoms with Crippen molar-refractivity contribution in [2.75, 3.05) is 13.2 Å². The molecule has 14 heavy (non-hydrogen) atoms. The van der Waals surface area contributed by atoms with E-state index in [4.69, 9.17) is 9.84 Å². The molecule has 1 N–H and O–H groups in total. The van der Waals surface area contributed by atoms with E-state index in [2.05, 4.69) is 6.92 Å². The van der Waals surface area contributed by atoms with Crippen molar-refractivity contribution in [3.8, 4) is 0 Å². The molecule has 0 bridgehead atoms. The number of unbranched alkanes of at least 4 members (excludes halogenated alkanes) is 1. The summed E-state index contributed by atoms with van der Waals surface area (Å²) in [6.45, 7) is 6.17. The zero-order chi connectivity index (χ0) is 11.0. The van der Waals surface area contributed by atoms with Crippen LogP contribution in [0.5, 0.6) is 0 Å². The van der Waals surface area contributed by atoms with E-state index in [0.29, 0.717) is 6.61 Å². The van der Waals surface area contributed by atoms with Crippen LogP contribution >= 0.6 is 0 Å². The predicted molar refractivity (Wildman–Crippen MR) is 55.9 cm³/mol. The van der Waals surface area contributed by atoms with Gasteiger partial charge >= 0.3 is 5.97 Å². The number of ether oxygens (including phenoxy) is 1. The Morgan fingerprint density at radius 3 is 2.50 bits per heavy atom.